The van der Waals surface area contributed by atoms with Crippen molar-refractivity contribution in [3.8, 4) is 0 Å². The number of Topliss-reactive ketones (excluding diaryl/α,β-unsaturated/α-hetero) is 1. The highest BCUT2D eigenvalue weighted by molar-refractivity contribution is 7.98. The summed E-state index contributed by atoms with van der Waals surface area (Å²) >= 11 is 1.73. The van der Waals surface area contributed by atoms with E-state index in [1.165, 1.54) is 0 Å². The zero-order chi connectivity index (χ0) is 9.14. The number of carbonyl (C=O) groups excluding carboxylic acids is 1. The van der Waals surface area contributed by atoms with E-state index >= 15 is 0 Å². The molecule has 0 radical (unpaired) electrons. The van der Waals surface area contributed by atoms with Crippen LogP contribution in [0.5, 0.6) is 0 Å². The van der Waals surface area contributed by atoms with Crippen LogP contribution in [-0.2, 0) is 4.79 Å². The van der Waals surface area contributed by atoms with Crippen molar-refractivity contribution in [2.45, 2.75) is 25.6 Å². The van der Waals surface area contributed by atoms with Gasteiger partial charge in [0.25, 0.3) is 0 Å². The first-order valence-corrected chi connectivity index (χ1v) is 5.49. The average molecular weight is 189 g/mol. The van der Waals surface area contributed by atoms with E-state index in [0.29, 0.717) is 0 Å². The summed E-state index contributed by atoms with van der Waals surface area (Å²) in [5.74, 6) is 1.17. The van der Waals surface area contributed by atoms with Gasteiger partial charge in [-0.05, 0) is 25.4 Å². The summed E-state index contributed by atoms with van der Waals surface area (Å²) in [5.41, 5.74) is 0. The molecular weight excluding hydrogens is 174 g/mol. The number of thioether (sulfide) groups is 1. The molecule has 3 atom stereocenters. The fourth-order valence-corrected chi connectivity index (χ4v) is 1.85. The first-order chi connectivity index (χ1) is 5.66. The van der Waals surface area contributed by atoms with Crippen LogP contribution >= 0.6 is 11.8 Å². The molecule has 1 saturated heterocycles. The standard InChI is InChI=1S/C8H15NO2S/c1-5(10)6(3-4-12-2)7-8(11)9-7/h6-9,11H,3-4H2,1-2H3. The van der Waals surface area contributed by atoms with Crippen LogP contribution in [-0.4, -0.2) is 35.2 Å². The van der Waals surface area contributed by atoms with Crippen LogP contribution in [0.1, 0.15) is 13.3 Å². The fraction of sp³-hybridized carbons (Fsp3) is 0.875. The second kappa shape index (κ2) is 4.25. The first kappa shape index (κ1) is 10.0. The van der Waals surface area contributed by atoms with Crippen LogP contribution < -0.4 is 5.32 Å². The van der Waals surface area contributed by atoms with Crippen molar-refractivity contribution in [2.24, 2.45) is 5.92 Å². The van der Waals surface area contributed by atoms with E-state index < -0.39 is 6.23 Å². The highest BCUT2D eigenvalue weighted by Crippen LogP contribution is 2.23. The lowest BCUT2D eigenvalue weighted by Gasteiger charge is -2.09. The van der Waals surface area contributed by atoms with Crippen LogP contribution in [0, 0.1) is 5.92 Å². The van der Waals surface area contributed by atoms with Gasteiger partial charge in [0.2, 0.25) is 0 Å². The van der Waals surface area contributed by atoms with Gasteiger partial charge < -0.3 is 5.11 Å². The maximum atomic E-state index is 11.1. The molecule has 2 N–H and O–H groups in total. The molecular formula is C8H15NO2S. The highest BCUT2D eigenvalue weighted by atomic mass is 32.2. The van der Waals surface area contributed by atoms with Crippen LogP contribution in [0.3, 0.4) is 0 Å². The van der Waals surface area contributed by atoms with Gasteiger partial charge in [0.15, 0.2) is 0 Å². The summed E-state index contributed by atoms with van der Waals surface area (Å²) in [4.78, 5) is 11.1. The Morgan fingerprint density at radius 1 is 1.75 bits per heavy atom. The number of carbonyl (C=O) groups is 1. The molecule has 0 aromatic carbocycles. The number of rotatable bonds is 5. The first-order valence-electron chi connectivity index (χ1n) is 4.10. The lowest BCUT2D eigenvalue weighted by molar-refractivity contribution is -0.121. The molecule has 0 aliphatic carbocycles. The molecule has 0 amide bonds. The second-order valence-electron chi connectivity index (χ2n) is 3.14. The van der Waals surface area contributed by atoms with Gasteiger partial charge in [-0.15, -0.1) is 0 Å². The van der Waals surface area contributed by atoms with Crippen molar-refractivity contribution < 1.29 is 9.90 Å². The van der Waals surface area contributed by atoms with Crippen molar-refractivity contribution in [1.29, 1.82) is 0 Å². The third-order valence-electron chi connectivity index (χ3n) is 2.18. The Kier molecular flexibility index (Phi) is 3.55. The van der Waals surface area contributed by atoms with Crippen LogP contribution in [0.15, 0.2) is 0 Å². The van der Waals surface area contributed by atoms with Gasteiger partial charge in [0.1, 0.15) is 12.0 Å². The Labute approximate surface area is 76.9 Å². The van der Waals surface area contributed by atoms with Gasteiger partial charge in [0, 0.05) is 5.92 Å². The average Bonchev–Trinajstić information content (AvgIpc) is 2.67. The van der Waals surface area contributed by atoms with Gasteiger partial charge in [-0.3, -0.25) is 10.1 Å². The van der Waals surface area contributed by atoms with Crippen molar-refractivity contribution in [1.82, 2.24) is 5.32 Å². The minimum Gasteiger partial charge on any atom is -0.377 e. The third-order valence-corrected chi connectivity index (χ3v) is 2.83. The molecule has 1 fully saturated rings. The molecule has 0 bridgehead atoms. The number of aliphatic hydroxyl groups excluding tert-OH is 1. The van der Waals surface area contributed by atoms with E-state index in [1.54, 1.807) is 18.7 Å². The molecule has 4 heteroatoms. The lowest BCUT2D eigenvalue weighted by Crippen LogP contribution is -2.21. The smallest absolute Gasteiger partial charge is 0.134 e. The van der Waals surface area contributed by atoms with Crippen LogP contribution in [0.2, 0.25) is 0 Å². The molecule has 3 unspecified atom stereocenters. The van der Waals surface area contributed by atoms with Crippen molar-refractivity contribution in [3.05, 3.63) is 0 Å². The Morgan fingerprint density at radius 2 is 2.33 bits per heavy atom. The molecule has 0 saturated carbocycles. The van der Waals surface area contributed by atoms with Crippen molar-refractivity contribution in [3.63, 3.8) is 0 Å². The lowest BCUT2D eigenvalue weighted by atomic mass is 9.98. The molecule has 1 heterocycles. The summed E-state index contributed by atoms with van der Waals surface area (Å²) in [6, 6.07) is 0.0228. The SMILES string of the molecule is CSCCC(C(C)=O)C1NC1O. The number of hydrogen-bond acceptors (Lipinski definition) is 4. The molecule has 3 nitrogen and oxygen atoms in total. The predicted octanol–water partition coefficient (Wildman–Crippen LogP) is 0.235. The number of aliphatic hydroxyl groups is 1. The second-order valence-corrected chi connectivity index (χ2v) is 4.12. The summed E-state index contributed by atoms with van der Waals surface area (Å²) in [6.07, 6.45) is 2.44. The Morgan fingerprint density at radius 3 is 2.67 bits per heavy atom. The zero-order valence-corrected chi connectivity index (χ0v) is 8.23. The minimum atomic E-state index is -0.444. The minimum absolute atomic E-state index is 0.00690. The quantitative estimate of drug-likeness (QED) is 0.608. The molecule has 1 aliphatic heterocycles. The van der Waals surface area contributed by atoms with Crippen LogP contribution in [0.25, 0.3) is 0 Å². The van der Waals surface area contributed by atoms with Gasteiger partial charge in [-0.1, -0.05) is 0 Å². The van der Waals surface area contributed by atoms with E-state index in [0.717, 1.165) is 12.2 Å². The maximum absolute atomic E-state index is 11.1. The number of hydrogen-bond donors (Lipinski definition) is 2. The zero-order valence-electron chi connectivity index (χ0n) is 7.41. The fourth-order valence-electron chi connectivity index (χ4n) is 1.36. The van der Waals surface area contributed by atoms with Crippen molar-refractivity contribution >= 4 is 17.5 Å². The molecule has 1 aliphatic rings. The van der Waals surface area contributed by atoms with Gasteiger partial charge in [0.05, 0.1) is 6.04 Å². The Bertz CT molecular complexity index is 174. The van der Waals surface area contributed by atoms with Crippen LogP contribution in [0.4, 0.5) is 0 Å². The van der Waals surface area contributed by atoms with E-state index in [1.807, 2.05) is 6.26 Å². The number of ketones is 1. The molecule has 70 valence electrons. The third kappa shape index (κ3) is 2.47. The van der Waals surface area contributed by atoms with Crippen molar-refractivity contribution in [2.75, 3.05) is 12.0 Å². The van der Waals surface area contributed by atoms with E-state index in [4.69, 9.17) is 5.11 Å². The van der Waals surface area contributed by atoms with Gasteiger partial charge in [-0.25, -0.2) is 0 Å². The molecule has 12 heavy (non-hydrogen) atoms. The van der Waals surface area contributed by atoms with E-state index in [9.17, 15) is 4.79 Å². The highest BCUT2D eigenvalue weighted by Gasteiger charge is 2.42. The predicted molar refractivity (Wildman–Crippen MR) is 50.1 cm³/mol. The van der Waals surface area contributed by atoms with E-state index in [-0.39, 0.29) is 17.7 Å². The normalized spacial score (nSPS) is 29.9. The maximum Gasteiger partial charge on any atom is 0.134 e. The topological polar surface area (TPSA) is 59.2 Å². The number of nitrogens with one attached hydrogen (secondary N) is 1. The monoisotopic (exact) mass is 189 g/mol. The van der Waals surface area contributed by atoms with E-state index in [2.05, 4.69) is 5.32 Å². The molecule has 1 rings (SSSR count). The summed E-state index contributed by atoms with van der Waals surface area (Å²) < 4.78 is 0. The van der Waals surface area contributed by atoms with Gasteiger partial charge in [-0.2, -0.15) is 11.8 Å². The largest absolute Gasteiger partial charge is 0.377 e. The Balaban J connectivity index is 2.34. The van der Waals surface area contributed by atoms with Gasteiger partial charge >= 0.3 is 0 Å². The molecule has 0 spiro atoms. The molecule has 0 aromatic rings. The summed E-state index contributed by atoms with van der Waals surface area (Å²) in [5, 5.41) is 11.9. The molecule has 0 aromatic heterocycles. The summed E-state index contributed by atoms with van der Waals surface area (Å²) in [7, 11) is 0. The summed E-state index contributed by atoms with van der Waals surface area (Å²) in [6.45, 7) is 1.59. The Hall–Kier alpha value is -0.0600.